The molecule has 2 aromatic carbocycles. The van der Waals surface area contributed by atoms with E-state index < -0.39 is 18.2 Å². The Morgan fingerprint density at radius 3 is 1.76 bits per heavy atom. The molecule has 0 saturated carbocycles. The van der Waals surface area contributed by atoms with E-state index in [2.05, 4.69) is 27.0 Å². The maximum Gasteiger partial charge on any atom is 0.330 e. The van der Waals surface area contributed by atoms with E-state index in [9.17, 15) is 15.0 Å². The van der Waals surface area contributed by atoms with Crippen LogP contribution in [0, 0.1) is 0 Å². The molecule has 0 radical (unpaired) electrons. The summed E-state index contributed by atoms with van der Waals surface area (Å²) in [6.45, 7) is 11.7. The van der Waals surface area contributed by atoms with Gasteiger partial charge in [-0.25, -0.2) is 4.79 Å². The van der Waals surface area contributed by atoms with Gasteiger partial charge < -0.3 is 29.2 Å². The van der Waals surface area contributed by atoms with E-state index in [1.165, 1.54) is 0 Å². The van der Waals surface area contributed by atoms with Crippen molar-refractivity contribution in [2.45, 2.75) is 31.5 Å². The topological polar surface area (TPSA) is 94.5 Å². The van der Waals surface area contributed by atoms with Gasteiger partial charge in [-0.2, -0.15) is 0 Å². The van der Waals surface area contributed by atoms with Crippen molar-refractivity contribution in [2.75, 3.05) is 33.0 Å². The summed E-state index contributed by atoms with van der Waals surface area (Å²) in [5.74, 6) is 0.688. The molecule has 0 aliphatic carbocycles. The molecule has 0 saturated heterocycles. The molecule has 2 rings (SSSR count). The molecule has 7 nitrogen and oxygen atoms in total. The summed E-state index contributed by atoms with van der Waals surface area (Å²) in [7, 11) is 0. The number of benzene rings is 2. The highest BCUT2D eigenvalue weighted by Gasteiger charge is 2.23. The number of carbonyl (C=O) groups is 1. The second-order valence-corrected chi connectivity index (χ2v) is 8.26. The number of hydrogen-bond acceptors (Lipinski definition) is 7. The Kier molecular flexibility index (Phi) is 10.8. The van der Waals surface area contributed by atoms with Gasteiger partial charge in [-0.1, -0.05) is 50.8 Å². The van der Waals surface area contributed by atoms with E-state index in [4.69, 9.17) is 18.9 Å². The summed E-state index contributed by atoms with van der Waals surface area (Å²) in [4.78, 5) is 11.0. The lowest BCUT2D eigenvalue weighted by atomic mass is 9.78. The lowest BCUT2D eigenvalue weighted by Crippen LogP contribution is -2.24. The minimum atomic E-state index is -0.929. The van der Waals surface area contributed by atoms with E-state index in [1.807, 2.05) is 48.5 Å². The first kappa shape index (κ1) is 27.1. The van der Waals surface area contributed by atoms with Gasteiger partial charge in [-0.3, -0.25) is 0 Å². The predicted octanol–water partition coefficient (Wildman–Crippen LogP) is 3.42. The van der Waals surface area contributed by atoms with Gasteiger partial charge in [-0.15, -0.1) is 6.58 Å². The highest BCUT2D eigenvalue weighted by molar-refractivity contribution is 5.81. The number of esters is 1. The van der Waals surface area contributed by atoms with Crippen molar-refractivity contribution in [3.05, 3.63) is 85.0 Å². The van der Waals surface area contributed by atoms with Crippen molar-refractivity contribution in [1.29, 1.82) is 0 Å². The van der Waals surface area contributed by atoms with Crippen LogP contribution in [-0.2, 0) is 19.7 Å². The second kappa shape index (κ2) is 13.5. The molecule has 2 atom stereocenters. The van der Waals surface area contributed by atoms with Crippen LogP contribution in [0.3, 0.4) is 0 Å². The molecule has 2 aromatic rings. The molecule has 34 heavy (non-hydrogen) atoms. The predicted molar refractivity (Wildman–Crippen MR) is 130 cm³/mol. The zero-order valence-electron chi connectivity index (χ0n) is 19.8. The molecular formula is C27H34O7. The standard InChI is InChI=1S/C27H34O7/c1-5-15-31-16-22(28)17-32-24-11-7-20(8-12-24)27(3,4)21-9-13-25(14-10-21)33-18-23(29)19-34-26(30)6-2/h5-14,22-23,28-29H,1-2,15-19H2,3-4H3. The molecule has 0 heterocycles. The number of aliphatic hydroxyl groups excluding tert-OH is 2. The minimum absolute atomic E-state index is 0.00367. The number of carbonyl (C=O) groups excluding carboxylic acids is 1. The van der Waals surface area contributed by atoms with Crippen LogP contribution in [0.1, 0.15) is 25.0 Å². The van der Waals surface area contributed by atoms with Gasteiger partial charge in [0.05, 0.1) is 13.2 Å². The van der Waals surface area contributed by atoms with Crippen molar-refractivity contribution in [3.63, 3.8) is 0 Å². The van der Waals surface area contributed by atoms with E-state index in [-0.39, 0.29) is 31.8 Å². The normalized spacial score (nSPS) is 12.9. The molecule has 2 N–H and O–H groups in total. The van der Waals surface area contributed by atoms with E-state index in [0.29, 0.717) is 18.1 Å². The summed E-state index contributed by atoms with van der Waals surface area (Å²) in [5.41, 5.74) is 1.92. The largest absolute Gasteiger partial charge is 0.491 e. The smallest absolute Gasteiger partial charge is 0.330 e. The minimum Gasteiger partial charge on any atom is -0.491 e. The fourth-order valence-corrected chi connectivity index (χ4v) is 3.11. The number of ether oxygens (including phenoxy) is 4. The SMILES string of the molecule is C=CCOCC(O)COc1ccc(C(C)(C)c2ccc(OCC(O)COC(=O)C=C)cc2)cc1. The van der Waals surface area contributed by atoms with Crippen LogP contribution in [0.4, 0.5) is 0 Å². The van der Waals surface area contributed by atoms with Crippen LogP contribution >= 0.6 is 0 Å². The molecule has 184 valence electrons. The highest BCUT2D eigenvalue weighted by atomic mass is 16.5. The van der Waals surface area contributed by atoms with Crippen LogP contribution < -0.4 is 9.47 Å². The van der Waals surface area contributed by atoms with Crippen LogP contribution in [-0.4, -0.2) is 61.4 Å². The maximum atomic E-state index is 11.0. The van der Waals surface area contributed by atoms with Gasteiger partial charge >= 0.3 is 5.97 Å². The van der Waals surface area contributed by atoms with Crippen molar-refractivity contribution in [3.8, 4) is 11.5 Å². The lowest BCUT2D eigenvalue weighted by Gasteiger charge is -2.26. The summed E-state index contributed by atoms with van der Waals surface area (Å²) >= 11 is 0. The van der Waals surface area contributed by atoms with E-state index in [0.717, 1.165) is 17.2 Å². The number of hydrogen-bond donors (Lipinski definition) is 2. The third kappa shape index (κ3) is 8.67. The van der Waals surface area contributed by atoms with Gasteiger partial charge in [0.15, 0.2) is 0 Å². The van der Waals surface area contributed by atoms with Gasteiger partial charge in [0.25, 0.3) is 0 Å². The third-order valence-corrected chi connectivity index (χ3v) is 5.17. The second-order valence-electron chi connectivity index (χ2n) is 8.26. The lowest BCUT2D eigenvalue weighted by molar-refractivity contribution is -0.141. The van der Waals surface area contributed by atoms with Crippen molar-refractivity contribution in [2.24, 2.45) is 0 Å². The average molecular weight is 471 g/mol. The summed E-state index contributed by atoms with van der Waals surface area (Å²) in [6, 6.07) is 15.4. The zero-order valence-corrected chi connectivity index (χ0v) is 19.8. The fourth-order valence-electron chi connectivity index (χ4n) is 3.11. The molecule has 0 fully saturated rings. The van der Waals surface area contributed by atoms with Crippen molar-refractivity contribution in [1.82, 2.24) is 0 Å². The summed E-state index contributed by atoms with van der Waals surface area (Å²) < 4.78 is 21.2. The van der Waals surface area contributed by atoms with Crippen LogP contribution in [0.2, 0.25) is 0 Å². The molecular weight excluding hydrogens is 436 g/mol. The molecule has 0 spiro atoms. The molecule has 0 bridgehead atoms. The molecule has 0 aliphatic heterocycles. The van der Waals surface area contributed by atoms with Gasteiger partial charge in [0, 0.05) is 11.5 Å². The van der Waals surface area contributed by atoms with Gasteiger partial charge in [-0.05, 0) is 35.4 Å². The Hall–Kier alpha value is -3.13. The van der Waals surface area contributed by atoms with Gasteiger partial charge in [0.1, 0.15) is 43.5 Å². The Morgan fingerprint density at radius 1 is 0.853 bits per heavy atom. The summed E-state index contributed by atoms with van der Waals surface area (Å²) in [5, 5.41) is 19.7. The Labute approximate surface area is 201 Å². The van der Waals surface area contributed by atoms with Crippen molar-refractivity contribution >= 4 is 5.97 Å². The van der Waals surface area contributed by atoms with Crippen LogP contribution in [0.15, 0.2) is 73.8 Å². The van der Waals surface area contributed by atoms with Crippen molar-refractivity contribution < 1.29 is 34.0 Å². The zero-order chi connectivity index (χ0) is 25.0. The quantitative estimate of drug-likeness (QED) is 0.178. The summed E-state index contributed by atoms with van der Waals surface area (Å²) in [6.07, 6.45) is 1.04. The van der Waals surface area contributed by atoms with Gasteiger partial charge in [0.2, 0.25) is 0 Å². The Morgan fingerprint density at radius 2 is 1.32 bits per heavy atom. The first-order valence-electron chi connectivity index (χ1n) is 11.1. The van der Waals surface area contributed by atoms with E-state index in [1.54, 1.807) is 6.08 Å². The fraction of sp³-hybridized carbons (Fsp3) is 0.370. The van der Waals surface area contributed by atoms with Crippen LogP contribution in [0.25, 0.3) is 0 Å². The number of aliphatic hydroxyl groups is 2. The molecule has 2 unspecified atom stereocenters. The molecule has 7 heteroatoms. The monoisotopic (exact) mass is 470 g/mol. The molecule has 0 aliphatic rings. The molecule has 0 aromatic heterocycles. The third-order valence-electron chi connectivity index (χ3n) is 5.17. The first-order chi connectivity index (χ1) is 16.3. The Balaban J connectivity index is 1.89. The molecule has 0 amide bonds. The number of rotatable bonds is 15. The average Bonchev–Trinajstić information content (AvgIpc) is 2.85. The first-order valence-corrected chi connectivity index (χ1v) is 11.1. The highest BCUT2D eigenvalue weighted by Crippen LogP contribution is 2.33. The van der Waals surface area contributed by atoms with Crippen LogP contribution in [0.5, 0.6) is 11.5 Å². The maximum absolute atomic E-state index is 11.0. The van der Waals surface area contributed by atoms with E-state index >= 15 is 0 Å². The Bertz CT molecular complexity index is 904.